The highest BCUT2D eigenvalue weighted by Crippen LogP contribution is 2.26. The highest BCUT2D eigenvalue weighted by Gasteiger charge is 2.29. The minimum atomic E-state index is -0.00930. The molecule has 150 valence electrons. The fraction of sp³-hybridized carbons (Fsp3) is 0.435. The molecule has 1 aliphatic heterocycles. The molecule has 0 unspecified atom stereocenters. The maximum absolute atomic E-state index is 12.9. The van der Waals surface area contributed by atoms with Gasteiger partial charge in [-0.3, -0.25) is 19.4 Å². The van der Waals surface area contributed by atoms with Gasteiger partial charge in [0.25, 0.3) is 5.91 Å². The van der Waals surface area contributed by atoms with Gasteiger partial charge in [-0.2, -0.15) is 5.10 Å². The minimum absolute atomic E-state index is 0.00930. The number of rotatable bonds is 4. The third kappa shape index (κ3) is 3.53. The Hall–Kier alpha value is -2.73. The molecule has 0 radical (unpaired) electrons. The fourth-order valence-electron chi connectivity index (χ4n) is 4.82. The van der Waals surface area contributed by atoms with Crippen LogP contribution in [-0.2, 0) is 26.6 Å². The number of hydrogen-bond donors (Lipinski definition) is 1. The molecule has 6 heteroatoms. The maximum Gasteiger partial charge on any atom is 0.272 e. The normalized spacial score (nSPS) is 17.6. The van der Waals surface area contributed by atoms with Crippen LogP contribution in [0.3, 0.4) is 0 Å². The zero-order chi connectivity index (χ0) is 19.8. The van der Waals surface area contributed by atoms with Crippen molar-refractivity contribution in [3.8, 4) is 0 Å². The summed E-state index contributed by atoms with van der Waals surface area (Å²) in [4.78, 5) is 19.8. The highest BCUT2D eigenvalue weighted by atomic mass is 16.2. The Labute approximate surface area is 170 Å². The Kier molecular flexibility index (Phi) is 4.79. The van der Waals surface area contributed by atoms with Crippen LogP contribution in [0.4, 0.5) is 0 Å². The number of pyridine rings is 1. The summed E-state index contributed by atoms with van der Waals surface area (Å²) in [6.45, 7) is 2.57. The Morgan fingerprint density at radius 1 is 1.21 bits per heavy atom. The van der Waals surface area contributed by atoms with E-state index in [1.165, 1.54) is 29.5 Å². The SMILES string of the molecule is Cn1nc(C(=O)NC2CCCC2)c2c1CCN(Cc1ccnc3ccccc13)C2. The number of hydrogen-bond acceptors (Lipinski definition) is 4. The number of fused-ring (bicyclic) bond motifs is 2. The van der Waals surface area contributed by atoms with Gasteiger partial charge in [0.1, 0.15) is 0 Å². The number of benzene rings is 1. The second-order valence-corrected chi connectivity index (χ2v) is 8.30. The predicted molar refractivity (Wildman–Crippen MR) is 112 cm³/mol. The van der Waals surface area contributed by atoms with E-state index in [9.17, 15) is 4.79 Å². The van der Waals surface area contributed by atoms with E-state index in [-0.39, 0.29) is 5.91 Å². The number of para-hydroxylation sites is 1. The van der Waals surface area contributed by atoms with E-state index in [0.717, 1.165) is 50.0 Å². The standard InChI is InChI=1S/C23H27N5O/c1-27-21-11-13-28(14-16-10-12-24-20-9-5-4-8-18(16)20)15-19(21)22(26-27)23(29)25-17-6-2-3-7-17/h4-5,8-10,12,17H,2-3,6-7,11,13-15H2,1H3,(H,25,29). The van der Waals surface area contributed by atoms with E-state index >= 15 is 0 Å². The lowest BCUT2D eigenvalue weighted by Gasteiger charge is -2.28. The molecule has 2 aliphatic rings. The van der Waals surface area contributed by atoms with Crippen molar-refractivity contribution in [1.82, 2.24) is 25.0 Å². The van der Waals surface area contributed by atoms with Gasteiger partial charge in [0.05, 0.1) is 5.52 Å². The van der Waals surface area contributed by atoms with Gasteiger partial charge in [-0.25, -0.2) is 0 Å². The van der Waals surface area contributed by atoms with Crippen LogP contribution in [0.1, 0.15) is 53.0 Å². The second kappa shape index (κ2) is 7.59. The Morgan fingerprint density at radius 2 is 2.03 bits per heavy atom. The largest absolute Gasteiger partial charge is 0.348 e. The zero-order valence-electron chi connectivity index (χ0n) is 16.9. The Balaban J connectivity index is 1.38. The molecular formula is C23H27N5O. The van der Waals surface area contributed by atoms with Gasteiger partial charge < -0.3 is 5.32 Å². The van der Waals surface area contributed by atoms with Crippen LogP contribution < -0.4 is 5.32 Å². The van der Waals surface area contributed by atoms with Gasteiger partial charge in [0.15, 0.2) is 5.69 Å². The van der Waals surface area contributed by atoms with Crippen molar-refractivity contribution in [2.24, 2.45) is 7.05 Å². The van der Waals surface area contributed by atoms with Crippen molar-refractivity contribution in [2.75, 3.05) is 6.54 Å². The van der Waals surface area contributed by atoms with Gasteiger partial charge in [0.2, 0.25) is 0 Å². The molecule has 29 heavy (non-hydrogen) atoms. The van der Waals surface area contributed by atoms with Crippen LogP contribution in [0.15, 0.2) is 36.5 Å². The first-order valence-electron chi connectivity index (χ1n) is 10.6. The van der Waals surface area contributed by atoms with E-state index in [1.807, 2.05) is 24.0 Å². The van der Waals surface area contributed by atoms with Gasteiger partial charge in [0, 0.05) is 62.0 Å². The molecule has 2 aromatic heterocycles. The van der Waals surface area contributed by atoms with Gasteiger partial charge in [-0.15, -0.1) is 0 Å². The lowest BCUT2D eigenvalue weighted by atomic mass is 10.0. The maximum atomic E-state index is 12.9. The van der Waals surface area contributed by atoms with E-state index in [2.05, 4.69) is 44.6 Å². The first-order valence-corrected chi connectivity index (χ1v) is 10.6. The zero-order valence-corrected chi connectivity index (χ0v) is 16.9. The predicted octanol–water partition coefficient (Wildman–Crippen LogP) is 3.20. The molecule has 3 aromatic rings. The van der Waals surface area contributed by atoms with E-state index in [4.69, 9.17) is 0 Å². The molecule has 0 atom stereocenters. The molecule has 0 saturated heterocycles. The summed E-state index contributed by atoms with van der Waals surface area (Å²) in [5.41, 5.74) is 5.20. The van der Waals surface area contributed by atoms with Gasteiger partial charge in [-0.05, 0) is 30.5 Å². The van der Waals surface area contributed by atoms with Crippen molar-refractivity contribution < 1.29 is 4.79 Å². The molecule has 5 rings (SSSR count). The number of aryl methyl sites for hydroxylation is 1. The summed E-state index contributed by atoms with van der Waals surface area (Å²) in [5.74, 6) is -0.00930. The molecule has 6 nitrogen and oxygen atoms in total. The molecular weight excluding hydrogens is 362 g/mol. The van der Waals surface area contributed by atoms with Gasteiger partial charge >= 0.3 is 0 Å². The quantitative estimate of drug-likeness (QED) is 0.744. The molecule has 3 heterocycles. The number of aromatic nitrogens is 3. The second-order valence-electron chi connectivity index (χ2n) is 8.30. The number of carbonyl (C=O) groups excluding carboxylic acids is 1. The first-order chi connectivity index (χ1) is 14.2. The van der Waals surface area contributed by atoms with Crippen molar-refractivity contribution >= 4 is 16.8 Å². The average molecular weight is 390 g/mol. The summed E-state index contributed by atoms with van der Waals surface area (Å²) < 4.78 is 1.90. The van der Waals surface area contributed by atoms with Crippen molar-refractivity contribution in [1.29, 1.82) is 0 Å². The Morgan fingerprint density at radius 3 is 2.90 bits per heavy atom. The lowest BCUT2D eigenvalue weighted by molar-refractivity contribution is 0.0929. The number of nitrogens with zero attached hydrogens (tertiary/aromatic N) is 4. The van der Waals surface area contributed by atoms with Crippen LogP contribution >= 0.6 is 0 Å². The number of amides is 1. The molecule has 1 fully saturated rings. The van der Waals surface area contributed by atoms with Crippen LogP contribution in [0, 0.1) is 0 Å². The lowest BCUT2D eigenvalue weighted by Crippen LogP contribution is -2.35. The molecule has 1 amide bonds. The molecule has 1 saturated carbocycles. The molecule has 1 aliphatic carbocycles. The average Bonchev–Trinajstić information content (AvgIpc) is 3.36. The smallest absolute Gasteiger partial charge is 0.272 e. The van der Waals surface area contributed by atoms with E-state index < -0.39 is 0 Å². The molecule has 0 bridgehead atoms. The van der Waals surface area contributed by atoms with Crippen LogP contribution in [0.2, 0.25) is 0 Å². The Bertz CT molecular complexity index is 1050. The van der Waals surface area contributed by atoms with E-state index in [1.54, 1.807) is 0 Å². The third-order valence-electron chi connectivity index (χ3n) is 6.36. The molecule has 1 N–H and O–H groups in total. The van der Waals surface area contributed by atoms with E-state index in [0.29, 0.717) is 11.7 Å². The molecule has 1 aromatic carbocycles. The fourth-order valence-corrected chi connectivity index (χ4v) is 4.82. The third-order valence-corrected chi connectivity index (χ3v) is 6.36. The summed E-state index contributed by atoms with van der Waals surface area (Å²) in [6.07, 6.45) is 7.39. The molecule has 0 spiro atoms. The number of nitrogens with one attached hydrogen (secondary N) is 1. The van der Waals surface area contributed by atoms with Crippen molar-refractivity contribution in [2.45, 2.75) is 51.2 Å². The first kappa shape index (κ1) is 18.3. The minimum Gasteiger partial charge on any atom is -0.348 e. The summed E-state index contributed by atoms with van der Waals surface area (Å²) >= 11 is 0. The van der Waals surface area contributed by atoms with Crippen LogP contribution in [0.5, 0.6) is 0 Å². The summed E-state index contributed by atoms with van der Waals surface area (Å²) in [5, 5.41) is 9.00. The van der Waals surface area contributed by atoms with Crippen LogP contribution in [-0.4, -0.2) is 38.2 Å². The summed E-state index contributed by atoms with van der Waals surface area (Å²) in [6, 6.07) is 10.7. The topological polar surface area (TPSA) is 63.1 Å². The number of carbonyl (C=O) groups is 1. The summed E-state index contributed by atoms with van der Waals surface area (Å²) in [7, 11) is 1.96. The monoisotopic (exact) mass is 389 g/mol. The van der Waals surface area contributed by atoms with Crippen LogP contribution in [0.25, 0.3) is 10.9 Å². The van der Waals surface area contributed by atoms with Gasteiger partial charge in [-0.1, -0.05) is 31.0 Å². The van der Waals surface area contributed by atoms with Crippen molar-refractivity contribution in [3.05, 3.63) is 59.0 Å². The van der Waals surface area contributed by atoms with Crippen molar-refractivity contribution in [3.63, 3.8) is 0 Å². The highest BCUT2D eigenvalue weighted by molar-refractivity contribution is 5.94.